The van der Waals surface area contributed by atoms with Crippen LogP contribution in [-0.4, -0.2) is 64.5 Å². The van der Waals surface area contributed by atoms with Gasteiger partial charge in [0, 0.05) is 43.5 Å². The Bertz CT molecular complexity index is 1400. The Kier molecular flexibility index (Phi) is 6.72. The van der Waals surface area contributed by atoms with E-state index in [2.05, 4.69) is 15.2 Å². The second kappa shape index (κ2) is 10.3. The Morgan fingerprint density at radius 1 is 0.946 bits per heavy atom. The van der Waals surface area contributed by atoms with Crippen LogP contribution in [0.2, 0.25) is 0 Å². The Morgan fingerprint density at radius 3 is 2.24 bits per heavy atom. The second-order valence-electron chi connectivity index (χ2n) is 8.67. The fourth-order valence-corrected chi connectivity index (χ4v) is 4.31. The topological polar surface area (TPSA) is 93.7 Å². The summed E-state index contributed by atoms with van der Waals surface area (Å²) in [6.45, 7) is 6.25. The highest BCUT2D eigenvalue weighted by Crippen LogP contribution is 2.28. The molecule has 1 fully saturated rings. The highest BCUT2D eigenvalue weighted by atomic mass is 19.1. The van der Waals surface area contributed by atoms with Crippen LogP contribution in [0.3, 0.4) is 0 Å². The summed E-state index contributed by atoms with van der Waals surface area (Å²) in [4.78, 5) is 29.0. The second-order valence-corrected chi connectivity index (χ2v) is 8.67. The number of piperazine rings is 1. The van der Waals surface area contributed by atoms with E-state index in [0.29, 0.717) is 49.0 Å². The van der Waals surface area contributed by atoms with Gasteiger partial charge in [-0.15, -0.1) is 0 Å². The van der Waals surface area contributed by atoms with Gasteiger partial charge in [0.05, 0.1) is 18.0 Å². The molecule has 0 atom stereocenters. The van der Waals surface area contributed by atoms with Crippen molar-refractivity contribution < 1.29 is 23.2 Å². The van der Waals surface area contributed by atoms with Crippen LogP contribution in [-0.2, 0) is 4.74 Å². The van der Waals surface area contributed by atoms with Crippen molar-refractivity contribution in [3.8, 4) is 16.9 Å². The maximum absolute atomic E-state index is 13.5. The molecule has 3 heterocycles. The number of nitrogens with zero attached hydrogens (tertiary/aromatic N) is 5. The molecule has 2 aromatic heterocycles. The molecule has 10 heteroatoms. The Balaban J connectivity index is 1.34. The molecule has 1 aliphatic rings. The van der Waals surface area contributed by atoms with Crippen LogP contribution in [0.4, 0.5) is 10.1 Å². The van der Waals surface area contributed by atoms with Gasteiger partial charge in [-0.1, -0.05) is 17.3 Å². The molecule has 4 aromatic rings. The summed E-state index contributed by atoms with van der Waals surface area (Å²) in [7, 11) is 0. The Labute approximate surface area is 213 Å². The fraction of sp³-hybridized carbons (Fsp3) is 0.259. The molecule has 0 bridgehead atoms. The summed E-state index contributed by atoms with van der Waals surface area (Å²) < 4.78 is 25.3. The number of amides is 1. The van der Waals surface area contributed by atoms with Crippen LogP contribution < -0.4 is 4.90 Å². The Hall–Kier alpha value is -4.47. The highest BCUT2D eigenvalue weighted by Gasteiger charge is 2.25. The summed E-state index contributed by atoms with van der Waals surface area (Å²) in [5.74, 6) is -0.393. The number of carbonyl (C=O) groups excluding carboxylic acids is 2. The number of hydrogen-bond acceptors (Lipinski definition) is 7. The lowest BCUT2D eigenvalue weighted by atomic mass is 10.1. The molecule has 9 nitrogen and oxygen atoms in total. The smallest absolute Gasteiger partial charge is 0.358 e. The summed E-state index contributed by atoms with van der Waals surface area (Å²) in [6.07, 6.45) is 0. The standard InChI is InChI=1S/C27H26FN5O4/c1-3-36-27(35)24-17-25(33(29-24)22-10-6-20(28)7-11-22)19-4-8-21(9-5-19)31-12-14-32(15-13-31)26(34)23-16-18(2)37-30-23/h4-11,16-17H,3,12-15H2,1-2H3. The van der Waals surface area contributed by atoms with Crippen LogP contribution >= 0.6 is 0 Å². The van der Waals surface area contributed by atoms with Crippen molar-refractivity contribution in [3.05, 3.63) is 83.6 Å². The Morgan fingerprint density at radius 2 is 1.62 bits per heavy atom. The van der Waals surface area contributed by atoms with E-state index < -0.39 is 5.97 Å². The van der Waals surface area contributed by atoms with Gasteiger partial charge in [0.2, 0.25) is 0 Å². The minimum atomic E-state index is -0.519. The SMILES string of the molecule is CCOC(=O)c1cc(-c2ccc(N3CCN(C(=O)c4cc(C)on4)CC3)cc2)n(-c2ccc(F)cc2)n1. The van der Waals surface area contributed by atoms with Gasteiger partial charge in [-0.2, -0.15) is 5.10 Å². The molecular weight excluding hydrogens is 477 g/mol. The van der Waals surface area contributed by atoms with Crippen LogP contribution in [0.5, 0.6) is 0 Å². The maximum atomic E-state index is 13.5. The first kappa shape index (κ1) is 24.2. The molecule has 0 spiro atoms. The number of rotatable bonds is 6. The molecule has 0 unspecified atom stereocenters. The molecule has 1 aliphatic heterocycles. The number of esters is 1. The van der Waals surface area contributed by atoms with E-state index in [0.717, 1.165) is 11.3 Å². The summed E-state index contributed by atoms with van der Waals surface area (Å²) in [5, 5.41) is 8.26. The number of hydrogen-bond donors (Lipinski definition) is 0. The molecule has 2 aromatic carbocycles. The van der Waals surface area contributed by atoms with Gasteiger partial charge < -0.3 is 19.1 Å². The third-order valence-corrected chi connectivity index (χ3v) is 6.21. The predicted octanol–water partition coefficient (Wildman–Crippen LogP) is 4.11. The quantitative estimate of drug-likeness (QED) is 0.366. The summed E-state index contributed by atoms with van der Waals surface area (Å²) in [5.41, 5.74) is 3.67. The molecule has 0 N–H and O–H groups in total. The van der Waals surface area contributed by atoms with Gasteiger partial charge in [0.15, 0.2) is 11.4 Å². The third kappa shape index (κ3) is 5.09. The molecule has 37 heavy (non-hydrogen) atoms. The van der Waals surface area contributed by atoms with Gasteiger partial charge in [-0.25, -0.2) is 13.9 Å². The maximum Gasteiger partial charge on any atom is 0.358 e. The average molecular weight is 504 g/mol. The summed E-state index contributed by atoms with van der Waals surface area (Å²) in [6, 6.07) is 17.1. The number of halogens is 1. The van der Waals surface area contributed by atoms with Gasteiger partial charge in [-0.3, -0.25) is 4.79 Å². The zero-order chi connectivity index (χ0) is 25.9. The van der Waals surface area contributed by atoms with Gasteiger partial charge in [-0.05, 0) is 56.3 Å². The number of ether oxygens (including phenoxy) is 1. The van der Waals surface area contributed by atoms with Crippen molar-refractivity contribution >= 4 is 17.6 Å². The first-order chi connectivity index (χ1) is 17.9. The number of anilines is 1. The number of carbonyl (C=O) groups is 2. The number of benzene rings is 2. The average Bonchev–Trinajstić information content (AvgIpc) is 3.56. The normalized spacial score (nSPS) is 13.6. The van der Waals surface area contributed by atoms with Crippen molar-refractivity contribution in [1.82, 2.24) is 19.8 Å². The van der Waals surface area contributed by atoms with Crippen molar-refractivity contribution in [2.45, 2.75) is 13.8 Å². The summed E-state index contributed by atoms with van der Waals surface area (Å²) >= 11 is 0. The molecule has 0 radical (unpaired) electrons. The minimum absolute atomic E-state index is 0.127. The lowest BCUT2D eigenvalue weighted by Crippen LogP contribution is -2.48. The predicted molar refractivity (Wildman–Crippen MR) is 134 cm³/mol. The fourth-order valence-electron chi connectivity index (χ4n) is 4.31. The van der Waals surface area contributed by atoms with Crippen LogP contribution in [0.25, 0.3) is 16.9 Å². The zero-order valence-electron chi connectivity index (χ0n) is 20.6. The van der Waals surface area contributed by atoms with Crippen molar-refractivity contribution in [3.63, 3.8) is 0 Å². The first-order valence-electron chi connectivity index (χ1n) is 12.0. The number of aromatic nitrogens is 3. The molecule has 1 amide bonds. The molecule has 0 aliphatic carbocycles. The minimum Gasteiger partial charge on any atom is -0.461 e. The largest absolute Gasteiger partial charge is 0.461 e. The van der Waals surface area contributed by atoms with Crippen LogP contribution in [0.15, 0.2) is 65.2 Å². The zero-order valence-corrected chi connectivity index (χ0v) is 20.6. The van der Waals surface area contributed by atoms with Gasteiger partial charge in [0.1, 0.15) is 11.6 Å². The van der Waals surface area contributed by atoms with Crippen molar-refractivity contribution in [2.75, 3.05) is 37.7 Å². The highest BCUT2D eigenvalue weighted by molar-refractivity contribution is 5.92. The van der Waals surface area contributed by atoms with Gasteiger partial charge in [0.25, 0.3) is 5.91 Å². The van der Waals surface area contributed by atoms with E-state index in [-0.39, 0.29) is 24.0 Å². The lowest BCUT2D eigenvalue weighted by Gasteiger charge is -2.35. The van der Waals surface area contributed by atoms with Gasteiger partial charge >= 0.3 is 5.97 Å². The lowest BCUT2D eigenvalue weighted by molar-refractivity contribution is 0.0518. The van der Waals surface area contributed by atoms with Crippen LogP contribution in [0.1, 0.15) is 33.7 Å². The monoisotopic (exact) mass is 503 g/mol. The first-order valence-corrected chi connectivity index (χ1v) is 12.0. The van der Waals surface area contributed by atoms with E-state index in [1.807, 2.05) is 24.3 Å². The third-order valence-electron chi connectivity index (χ3n) is 6.21. The van der Waals surface area contributed by atoms with E-state index in [4.69, 9.17) is 9.26 Å². The van der Waals surface area contributed by atoms with Crippen LogP contribution in [0, 0.1) is 12.7 Å². The molecular formula is C27H26FN5O4. The molecule has 5 rings (SSSR count). The van der Waals surface area contributed by atoms with Crippen molar-refractivity contribution in [1.29, 1.82) is 0 Å². The van der Waals surface area contributed by atoms with Crippen molar-refractivity contribution in [2.24, 2.45) is 0 Å². The van der Waals surface area contributed by atoms with E-state index in [1.165, 1.54) is 12.1 Å². The van der Waals surface area contributed by atoms with E-state index >= 15 is 0 Å². The van der Waals surface area contributed by atoms with E-state index in [9.17, 15) is 14.0 Å². The number of aryl methyl sites for hydroxylation is 1. The van der Waals surface area contributed by atoms with E-state index in [1.54, 1.807) is 47.7 Å². The molecule has 0 saturated carbocycles. The molecule has 190 valence electrons. The molecule has 1 saturated heterocycles.